The van der Waals surface area contributed by atoms with Gasteiger partial charge in [0.15, 0.2) is 5.60 Å². The first-order valence-corrected chi connectivity index (χ1v) is 11.2. The molecule has 0 saturated heterocycles. The highest BCUT2D eigenvalue weighted by atomic mass is 16.6. The second-order valence-electron chi connectivity index (χ2n) is 8.00. The van der Waals surface area contributed by atoms with Gasteiger partial charge in [-0.25, -0.2) is 9.59 Å². The molecule has 0 saturated carbocycles. The zero-order chi connectivity index (χ0) is 23.2. The van der Waals surface area contributed by atoms with Crippen molar-refractivity contribution >= 4 is 17.6 Å². The van der Waals surface area contributed by atoms with Gasteiger partial charge in [-0.05, 0) is 57.2 Å². The van der Waals surface area contributed by atoms with Crippen molar-refractivity contribution in [2.24, 2.45) is 0 Å². The molecule has 0 radical (unpaired) electrons. The molecule has 2 heterocycles. The van der Waals surface area contributed by atoms with Crippen LogP contribution in [0.25, 0.3) is 0 Å². The topological polar surface area (TPSA) is 65.1 Å². The summed E-state index contributed by atoms with van der Waals surface area (Å²) >= 11 is 0. The Kier molecular flexibility index (Phi) is 5.08. The maximum absolute atomic E-state index is 13.0. The first-order chi connectivity index (χ1) is 16.0. The molecule has 3 aromatic carbocycles. The Balaban J connectivity index is 1.77. The van der Waals surface area contributed by atoms with E-state index in [-0.39, 0.29) is 6.61 Å². The highest BCUT2D eigenvalue weighted by molar-refractivity contribution is 5.97. The highest BCUT2D eigenvalue weighted by Crippen LogP contribution is 2.56. The predicted octanol–water partition coefficient (Wildman–Crippen LogP) is 5.28. The molecule has 3 aromatic rings. The van der Waals surface area contributed by atoms with Crippen LogP contribution in [0.15, 0.2) is 60.7 Å². The van der Waals surface area contributed by atoms with Crippen LogP contribution in [0, 0.1) is 0 Å². The summed E-state index contributed by atoms with van der Waals surface area (Å²) in [5.74, 6) is 0.325. The summed E-state index contributed by atoms with van der Waals surface area (Å²) in [6.45, 7) is 7.96. The van der Waals surface area contributed by atoms with Gasteiger partial charge in [-0.3, -0.25) is 0 Å². The molecule has 2 aliphatic rings. The normalized spacial score (nSPS) is 17.5. The minimum atomic E-state index is -1.21. The van der Waals surface area contributed by atoms with Gasteiger partial charge in [0.1, 0.15) is 11.5 Å². The van der Waals surface area contributed by atoms with Crippen molar-refractivity contribution < 1.29 is 23.8 Å². The molecular weight excluding hydrogens is 418 g/mol. The van der Waals surface area contributed by atoms with Gasteiger partial charge in [0.05, 0.1) is 17.7 Å². The Hall–Kier alpha value is -3.80. The molecule has 0 N–H and O–H groups in total. The summed E-state index contributed by atoms with van der Waals surface area (Å²) in [5.41, 5.74) is 2.77. The molecule has 6 nitrogen and oxygen atoms in total. The standard InChI is InChI=1S/C27H25NO5/c1-4-28(5-2)18-12-13-21-24(16-18)32-23-14-11-17(25(29)31-6-3)15-22(23)27(21)20-10-8-7-9-19(20)26(30)33-27/h7-16H,4-6H2,1-3H3. The molecule has 1 atom stereocenters. The molecule has 0 aromatic heterocycles. The van der Waals surface area contributed by atoms with Crippen LogP contribution in [0.5, 0.6) is 11.5 Å². The van der Waals surface area contributed by atoms with Crippen LogP contribution < -0.4 is 9.64 Å². The third-order valence-corrected chi connectivity index (χ3v) is 6.34. The first kappa shape index (κ1) is 21.1. The molecule has 1 unspecified atom stereocenters. The van der Waals surface area contributed by atoms with Crippen LogP contribution in [0.3, 0.4) is 0 Å². The molecule has 1 spiro atoms. The van der Waals surface area contributed by atoms with E-state index in [4.69, 9.17) is 14.2 Å². The monoisotopic (exact) mass is 443 g/mol. The third kappa shape index (κ3) is 3.09. The minimum absolute atomic E-state index is 0.270. The maximum Gasteiger partial charge on any atom is 0.340 e. The van der Waals surface area contributed by atoms with Gasteiger partial charge in [0.2, 0.25) is 0 Å². The fourth-order valence-corrected chi connectivity index (χ4v) is 4.79. The molecule has 33 heavy (non-hydrogen) atoms. The van der Waals surface area contributed by atoms with Crippen molar-refractivity contribution in [3.05, 3.63) is 88.5 Å². The Morgan fingerprint density at radius 2 is 1.70 bits per heavy atom. The molecule has 5 rings (SSSR count). The molecule has 0 aliphatic carbocycles. The summed E-state index contributed by atoms with van der Waals surface area (Å²) in [6, 6.07) is 18.5. The number of carbonyl (C=O) groups is 2. The van der Waals surface area contributed by atoms with Crippen LogP contribution in [0.2, 0.25) is 0 Å². The Morgan fingerprint density at radius 1 is 0.909 bits per heavy atom. The predicted molar refractivity (Wildman–Crippen MR) is 124 cm³/mol. The van der Waals surface area contributed by atoms with E-state index in [0.717, 1.165) is 29.9 Å². The van der Waals surface area contributed by atoms with Crippen LogP contribution in [0.1, 0.15) is 58.2 Å². The number of ether oxygens (including phenoxy) is 3. The van der Waals surface area contributed by atoms with E-state index in [2.05, 4.69) is 18.7 Å². The largest absolute Gasteiger partial charge is 0.462 e. The van der Waals surface area contributed by atoms with E-state index in [1.54, 1.807) is 31.2 Å². The average Bonchev–Trinajstić information content (AvgIpc) is 3.13. The number of esters is 2. The molecule has 0 fully saturated rings. The first-order valence-electron chi connectivity index (χ1n) is 11.2. The maximum atomic E-state index is 13.0. The van der Waals surface area contributed by atoms with E-state index in [1.165, 1.54) is 0 Å². The second-order valence-corrected chi connectivity index (χ2v) is 8.00. The number of hydrogen-bond acceptors (Lipinski definition) is 6. The lowest BCUT2D eigenvalue weighted by molar-refractivity contribution is 0.0224. The van der Waals surface area contributed by atoms with Crippen LogP contribution in [0.4, 0.5) is 5.69 Å². The van der Waals surface area contributed by atoms with Crippen molar-refractivity contribution in [3.63, 3.8) is 0 Å². The fourth-order valence-electron chi connectivity index (χ4n) is 4.79. The highest BCUT2D eigenvalue weighted by Gasteiger charge is 2.53. The van der Waals surface area contributed by atoms with Gasteiger partial charge in [-0.1, -0.05) is 18.2 Å². The minimum Gasteiger partial charge on any atom is -0.462 e. The van der Waals surface area contributed by atoms with E-state index < -0.39 is 17.5 Å². The van der Waals surface area contributed by atoms with Gasteiger partial charge < -0.3 is 19.1 Å². The van der Waals surface area contributed by atoms with Crippen molar-refractivity contribution in [2.45, 2.75) is 26.4 Å². The second kappa shape index (κ2) is 7.96. The quantitative estimate of drug-likeness (QED) is 0.500. The Labute approximate surface area is 192 Å². The Morgan fingerprint density at radius 3 is 2.45 bits per heavy atom. The fraction of sp³-hybridized carbons (Fsp3) is 0.259. The Bertz CT molecular complexity index is 1260. The van der Waals surface area contributed by atoms with Gasteiger partial charge in [-0.2, -0.15) is 0 Å². The zero-order valence-electron chi connectivity index (χ0n) is 18.9. The molecular formula is C27H25NO5. The number of hydrogen-bond donors (Lipinski definition) is 0. The van der Waals surface area contributed by atoms with Gasteiger partial charge in [0.25, 0.3) is 0 Å². The third-order valence-electron chi connectivity index (χ3n) is 6.34. The smallest absolute Gasteiger partial charge is 0.340 e. The summed E-state index contributed by atoms with van der Waals surface area (Å²) in [5, 5.41) is 0. The zero-order valence-corrected chi connectivity index (χ0v) is 18.9. The molecule has 0 amide bonds. The number of carbonyl (C=O) groups excluding carboxylic acids is 2. The van der Waals surface area contributed by atoms with Crippen LogP contribution in [-0.2, 0) is 15.1 Å². The summed E-state index contributed by atoms with van der Waals surface area (Å²) < 4.78 is 17.7. The van der Waals surface area contributed by atoms with E-state index in [9.17, 15) is 9.59 Å². The van der Waals surface area contributed by atoms with Gasteiger partial charge in [-0.15, -0.1) is 0 Å². The van der Waals surface area contributed by atoms with Crippen molar-refractivity contribution in [2.75, 3.05) is 24.6 Å². The lowest BCUT2D eigenvalue weighted by Gasteiger charge is -2.37. The number of rotatable bonds is 5. The number of nitrogens with zero attached hydrogens (tertiary/aromatic N) is 1. The lowest BCUT2D eigenvalue weighted by atomic mass is 9.77. The van der Waals surface area contributed by atoms with Crippen LogP contribution in [-0.4, -0.2) is 31.6 Å². The van der Waals surface area contributed by atoms with E-state index in [0.29, 0.717) is 28.2 Å². The van der Waals surface area contributed by atoms with Crippen molar-refractivity contribution in [1.29, 1.82) is 0 Å². The number of anilines is 1. The van der Waals surface area contributed by atoms with Gasteiger partial charge >= 0.3 is 11.9 Å². The van der Waals surface area contributed by atoms with Crippen LogP contribution >= 0.6 is 0 Å². The average molecular weight is 443 g/mol. The SMILES string of the molecule is CCOC(=O)c1ccc2c(c1)C1(OC(=O)c3ccccc31)c1ccc(N(CC)CC)cc1O2. The van der Waals surface area contributed by atoms with E-state index in [1.807, 2.05) is 36.4 Å². The summed E-state index contributed by atoms with van der Waals surface area (Å²) in [4.78, 5) is 27.7. The summed E-state index contributed by atoms with van der Waals surface area (Å²) in [7, 11) is 0. The lowest BCUT2D eigenvalue weighted by Crippen LogP contribution is -2.33. The number of fused-ring (bicyclic) bond motifs is 6. The molecule has 6 heteroatoms. The number of benzene rings is 3. The molecule has 2 aliphatic heterocycles. The van der Waals surface area contributed by atoms with Crippen molar-refractivity contribution in [1.82, 2.24) is 0 Å². The van der Waals surface area contributed by atoms with Crippen molar-refractivity contribution in [3.8, 4) is 11.5 Å². The summed E-state index contributed by atoms with van der Waals surface area (Å²) in [6.07, 6.45) is 0. The molecule has 168 valence electrons. The molecule has 0 bridgehead atoms. The van der Waals surface area contributed by atoms with Gasteiger partial charge in [0, 0.05) is 41.5 Å². The van der Waals surface area contributed by atoms with E-state index >= 15 is 0 Å².